The lowest BCUT2D eigenvalue weighted by Gasteiger charge is -2.14. The highest BCUT2D eigenvalue weighted by molar-refractivity contribution is 6.03. The topological polar surface area (TPSA) is 9.23 Å². The average Bonchev–Trinajstić information content (AvgIpc) is 2.67. The van der Waals surface area contributed by atoms with Gasteiger partial charge in [-0.05, 0) is 33.7 Å². The summed E-state index contributed by atoms with van der Waals surface area (Å²) in [6.45, 7) is 0. The molecule has 0 aliphatic heterocycles. The SMILES string of the molecule is COc1cccc2cccc(-c3ccccc3-c3ccccc3)c12. The number of hydrogen-bond acceptors (Lipinski definition) is 1. The van der Waals surface area contributed by atoms with E-state index >= 15 is 0 Å². The third kappa shape index (κ3) is 2.44. The molecule has 0 bridgehead atoms. The molecule has 0 N–H and O–H groups in total. The molecule has 0 unspecified atom stereocenters. The zero-order valence-electron chi connectivity index (χ0n) is 13.6. The van der Waals surface area contributed by atoms with Crippen molar-refractivity contribution < 1.29 is 4.74 Å². The minimum Gasteiger partial charge on any atom is -0.496 e. The first kappa shape index (κ1) is 14.5. The molecule has 0 atom stereocenters. The summed E-state index contributed by atoms with van der Waals surface area (Å²) < 4.78 is 5.64. The predicted octanol–water partition coefficient (Wildman–Crippen LogP) is 6.18. The number of fused-ring (bicyclic) bond motifs is 1. The minimum absolute atomic E-state index is 0.908. The normalized spacial score (nSPS) is 10.7. The third-order valence-electron chi connectivity index (χ3n) is 4.39. The quantitative estimate of drug-likeness (QED) is 0.439. The molecular weight excluding hydrogens is 292 g/mol. The van der Waals surface area contributed by atoms with E-state index in [1.165, 1.54) is 27.6 Å². The van der Waals surface area contributed by atoms with Crippen molar-refractivity contribution in [2.24, 2.45) is 0 Å². The van der Waals surface area contributed by atoms with Crippen molar-refractivity contribution in [3.05, 3.63) is 91.0 Å². The second-order valence-corrected chi connectivity index (χ2v) is 5.78. The van der Waals surface area contributed by atoms with Crippen LogP contribution in [-0.2, 0) is 0 Å². The van der Waals surface area contributed by atoms with Gasteiger partial charge >= 0.3 is 0 Å². The molecule has 0 fully saturated rings. The van der Waals surface area contributed by atoms with E-state index in [1.807, 2.05) is 18.2 Å². The van der Waals surface area contributed by atoms with E-state index in [0.29, 0.717) is 0 Å². The molecule has 1 nitrogen and oxygen atoms in total. The number of benzene rings is 4. The zero-order valence-corrected chi connectivity index (χ0v) is 13.6. The molecule has 0 spiro atoms. The Hall–Kier alpha value is -3.06. The van der Waals surface area contributed by atoms with Crippen molar-refractivity contribution >= 4 is 10.8 Å². The van der Waals surface area contributed by atoms with Gasteiger partial charge < -0.3 is 4.74 Å². The minimum atomic E-state index is 0.908. The van der Waals surface area contributed by atoms with Crippen molar-refractivity contribution in [2.75, 3.05) is 7.11 Å². The lowest BCUT2D eigenvalue weighted by Crippen LogP contribution is -1.90. The molecule has 4 aromatic carbocycles. The molecule has 0 aromatic heterocycles. The standard InChI is InChI=1S/C23H18O/c1-24-22-16-8-12-18-11-7-15-21(23(18)22)20-14-6-5-13-19(20)17-9-3-2-4-10-17/h2-16H,1H3. The molecule has 0 saturated carbocycles. The molecule has 1 heteroatoms. The van der Waals surface area contributed by atoms with Crippen LogP contribution < -0.4 is 4.74 Å². The van der Waals surface area contributed by atoms with Crippen LogP contribution in [0.1, 0.15) is 0 Å². The van der Waals surface area contributed by atoms with Crippen molar-refractivity contribution in [2.45, 2.75) is 0 Å². The van der Waals surface area contributed by atoms with Crippen LogP contribution in [0.5, 0.6) is 5.75 Å². The fourth-order valence-electron chi connectivity index (χ4n) is 3.29. The van der Waals surface area contributed by atoms with Crippen LogP contribution in [0.3, 0.4) is 0 Å². The van der Waals surface area contributed by atoms with Gasteiger partial charge in [-0.3, -0.25) is 0 Å². The highest BCUT2D eigenvalue weighted by Gasteiger charge is 2.12. The Labute approximate surface area is 142 Å². The predicted molar refractivity (Wildman–Crippen MR) is 101 cm³/mol. The van der Waals surface area contributed by atoms with Gasteiger partial charge in [0.2, 0.25) is 0 Å². The molecule has 4 rings (SSSR count). The van der Waals surface area contributed by atoms with Gasteiger partial charge in [0, 0.05) is 5.39 Å². The summed E-state index contributed by atoms with van der Waals surface area (Å²) in [5.41, 5.74) is 4.87. The van der Waals surface area contributed by atoms with Crippen LogP contribution in [0.4, 0.5) is 0 Å². The first-order chi connectivity index (χ1) is 11.9. The van der Waals surface area contributed by atoms with Gasteiger partial charge in [-0.15, -0.1) is 0 Å². The lowest BCUT2D eigenvalue weighted by atomic mass is 9.91. The Bertz CT molecular complexity index is 982. The van der Waals surface area contributed by atoms with E-state index in [0.717, 1.165) is 11.1 Å². The van der Waals surface area contributed by atoms with Gasteiger partial charge in [-0.1, -0.05) is 84.9 Å². The molecule has 0 aliphatic rings. The van der Waals surface area contributed by atoms with E-state index in [4.69, 9.17) is 4.74 Å². The summed E-state index contributed by atoms with van der Waals surface area (Å²) >= 11 is 0. The Morgan fingerprint density at radius 3 is 1.92 bits per heavy atom. The highest BCUT2D eigenvalue weighted by Crippen LogP contribution is 2.39. The van der Waals surface area contributed by atoms with Gasteiger partial charge in [0.1, 0.15) is 5.75 Å². The van der Waals surface area contributed by atoms with Crippen LogP contribution in [0.15, 0.2) is 91.0 Å². The monoisotopic (exact) mass is 310 g/mol. The van der Waals surface area contributed by atoms with Crippen LogP contribution in [0.25, 0.3) is 33.0 Å². The summed E-state index contributed by atoms with van der Waals surface area (Å²) in [5.74, 6) is 0.908. The van der Waals surface area contributed by atoms with Crippen LogP contribution in [-0.4, -0.2) is 7.11 Å². The van der Waals surface area contributed by atoms with Crippen LogP contribution in [0, 0.1) is 0 Å². The Balaban J connectivity index is 2.04. The van der Waals surface area contributed by atoms with Crippen molar-refractivity contribution in [3.8, 4) is 28.0 Å². The maximum Gasteiger partial charge on any atom is 0.127 e. The second kappa shape index (κ2) is 6.21. The average molecular weight is 310 g/mol. The van der Waals surface area contributed by atoms with Crippen LogP contribution in [0.2, 0.25) is 0 Å². The maximum atomic E-state index is 5.64. The molecule has 4 aromatic rings. The maximum absolute atomic E-state index is 5.64. The van der Waals surface area contributed by atoms with E-state index in [2.05, 4.69) is 72.8 Å². The number of hydrogen-bond donors (Lipinski definition) is 0. The molecule has 0 amide bonds. The molecule has 0 radical (unpaired) electrons. The van der Waals surface area contributed by atoms with E-state index in [1.54, 1.807) is 7.11 Å². The Kier molecular flexibility index (Phi) is 3.76. The van der Waals surface area contributed by atoms with E-state index in [-0.39, 0.29) is 0 Å². The molecule has 116 valence electrons. The van der Waals surface area contributed by atoms with Gasteiger partial charge in [0.05, 0.1) is 7.11 Å². The van der Waals surface area contributed by atoms with Gasteiger partial charge in [0.15, 0.2) is 0 Å². The molecular formula is C23H18O. The first-order valence-electron chi connectivity index (χ1n) is 8.09. The van der Waals surface area contributed by atoms with Crippen molar-refractivity contribution in [1.29, 1.82) is 0 Å². The Morgan fingerprint density at radius 2 is 1.17 bits per heavy atom. The van der Waals surface area contributed by atoms with Gasteiger partial charge in [0.25, 0.3) is 0 Å². The molecule has 0 saturated heterocycles. The summed E-state index contributed by atoms with van der Waals surface area (Å²) in [6.07, 6.45) is 0. The summed E-state index contributed by atoms with van der Waals surface area (Å²) in [4.78, 5) is 0. The number of rotatable bonds is 3. The second-order valence-electron chi connectivity index (χ2n) is 5.78. The molecule has 0 aliphatic carbocycles. The fraction of sp³-hybridized carbons (Fsp3) is 0.0435. The summed E-state index contributed by atoms with van der Waals surface area (Å²) in [6, 6.07) is 31.7. The third-order valence-corrected chi connectivity index (χ3v) is 4.39. The van der Waals surface area contributed by atoms with E-state index < -0.39 is 0 Å². The summed E-state index contributed by atoms with van der Waals surface area (Å²) in [5, 5.41) is 2.35. The number of methoxy groups -OCH3 is 1. The van der Waals surface area contributed by atoms with Gasteiger partial charge in [-0.2, -0.15) is 0 Å². The van der Waals surface area contributed by atoms with Crippen LogP contribution >= 0.6 is 0 Å². The van der Waals surface area contributed by atoms with Gasteiger partial charge in [-0.25, -0.2) is 0 Å². The van der Waals surface area contributed by atoms with E-state index in [9.17, 15) is 0 Å². The number of ether oxygens (including phenoxy) is 1. The fourth-order valence-corrected chi connectivity index (χ4v) is 3.29. The summed E-state index contributed by atoms with van der Waals surface area (Å²) in [7, 11) is 1.73. The first-order valence-corrected chi connectivity index (χ1v) is 8.09. The smallest absolute Gasteiger partial charge is 0.127 e. The highest BCUT2D eigenvalue weighted by atomic mass is 16.5. The van der Waals surface area contributed by atoms with Crippen molar-refractivity contribution in [3.63, 3.8) is 0 Å². The van der Waals surface area contributed by atoms with Crippen molar-refractivity contribution in [1.82, 2.24) is 0 Å². The molecule has 24 heavy (non-hydrogen) atoms. The Morgan fingerprint density at radius 1 is 0.542 bits per heavy atom. The molecule has 0 heterocycles. The zero-order chi connectivity index (χ0) is 16.4. The lowest BCUT2D eigenvalue weighted by molar-refractivity contribution is 0.420. The largest absolute Gasteiger partial charge is 0.496 e.